The fourth-order valence-electron chi connectivity index (χ4n) is 3.38. The average molecular weight is 365 g/mol. The van der Waals surface area contributed by atoms with Gasteiger partial charge in [-0.25, -0.2) is 4.39 Å². The zero-order chi connectivity index (χ0) is 18.7. The molecule has 1 aliphatic rings. The van der Waals surface area contributed by atoms with Crippen molar-refractivity contribution in [1.29, 1.82) is 0 Å². The van der Waals surface area contributed by atoms with Crippen molar-refractivity contribution in [3.8, 4) is 16.9 Å². The number of aromatic nitrogens is 1. The van der Waals surface area contributed by atoms with Crippen molar-refractivity contribution in [2.45, 2.75) is 12.2 Å². The van der Waals surface area contributed by atoms with Crippen LogP contribution in [-0.2, 0) is 15.3 Å². The predicted octanol–water partition coefficient (Wildman–Crippen LogP) is 4.53. The number of hydrogen-bond acceptors (Lipinski definition) is 4. The van der Waals surface area contributed by atoms with Crippen molar-refractivity contribution in [3.05, 3.63) is 83.9 Å². The van der Waals surface area contributed by atoms with Gasteiger partial charge in [-0.3, -0.25) is 4.98 Å². The van der Waals surface area contributed by atoms with E-state index in [-0.39, 0.29) is 5.82 Å². The van der Waals surface area contributed by atoms with Crippen LogP contribution in [0.25, 0.3) is 11.1 Å². The molecule has 5 heteroatoms. The molecule has 4 nitrogen and oxygen atoms in total. The van der Waals surface area contributed by atoms with Crippen LogP contribution in [0, 0.1) is 5.82 Å². The molecule has 4 rings (SSSR count). The van der Waals surface area contributed by atoms with Gasteiger partial charge >= 0.3 is 0 Å². The highest BCUT2D eigenvalue weighted by Gasteiger charge is 2.38. The van der Waals surface area contributed by atoms with Gasteiger partial charge in [0, 0.05) is 35.2 Å². The van der Waals surface area contributed by atoms with Gasteiger partial charge in [0.05, 0.1) is 20.3 Å². The number of rotatable bonds is 4. The molecule has 1 aliphatic heterocycles. The molecule has 0 spiro atoms. The van der Waals surface area contributed by atoms with Crippen molar-refractivity contribution in [2.24, 2.45) is 0 Å². The van der Waals surface area contributed by atoms with Gasteiger partial charge < -0.3 is 14.2 Å². The maximum absolute atomic E-state index is 13.5. The van der Waals surface area contributed by atoms with Gasteiger partial charge in [-0.2, -0.15) is 0 Å². The van der Waals surface area contributed by atoms with Crippen LogP contribution >= 0.6 is 0 Å². The van der Waals surface area contributed by atoms with Gasteiger partial charge in [0.2, 0.25) is 5.79 Å². The number of halogens is 1. The summed E-state index contributed by atoms with van der Waals surface area (Å²) in [6.07, 6.45) is 4.32. The third kappa shape index (κ3) is 3.31. The summed E-state index contributed by atoms with van der Waals surface area (Å²) < 4.78 is 31.0. The Balaban J connectivity index is 1.74. The Labute approximate surface area is 157 Å². The number of methoxy groups -OCH3 is 1. The van der Waals surface area contributed by atoms with Crippen molar-refractivity contribution in [1.82, 2.24) is 4.98 Å². The molecular weight excluding hydrogens is 345 g/mol. The van der Waals surface area contributed by atoms with Gasteiger partial charge in [-0.1, -0.05) is 24.3 Å². The maximum atomic E-state index is 13.5. The summed E-state index contributed by atoms with van der Waals surface area (Å²) in [5.41, 5.74) is 3.56. The molecule has 0 unspecified atom stereocenters. The zero-order valence-electron chi connectivity index (χ0n) is 15.0. The summed E-state index contributed by atoms with van der Waals surface area (Å²) >= 11 is 0. The van der Waals surface area contributed by atoms with Crippen LogP contribution in [0.1, 0.15) is 17.5 Å². The molecule has 1 saturated heterocycles. The molecule has 0 amide bonds. The van der Waals surface area contributed by atoms with E-state index < -0.39 is 5.79 Å². The predicted molar refractivity (Wildman–Crippen MR) is 99.9 cm³/mol. The molecule has 1 fully saturated rings. The lowest BCUT2D eigenvalue weighted by Crippen LogP contribution is -2.39. The van der Waals surface area contributed by atoms with Crippen molar-refractivity contribution in [3.63, 3.8) is 0 Å². The van der Waals surface area contributed by atoms with Gasteiger partial charge in [-0.05, 0) is 36.2 Å². The number of pyridine rings is 1. The summed E-state index contributed by atoms with van der Waals surface area (Å²) in [5.74, 6) is -0.767. The highest BCUT2D eigenvalue weighted by Crippen LogP contribution is 2.39. The van der Waals surface area contributed by atoms with E-state index in [1.165, 1.54) is 19.2 Å². The molecule has 1 aromatic heterocycles. The molecule has 0 atom stereocenters. The van der Waals surface area contributed by atoms with Gasteiger partial charge in [0.1, 0.15) is 11.6 Å². The lowest BCUT2D eigenvalue weighted by atomic mass is 9.94. The van der Waals surface area contributed by atoms with E-state index in [0.29, 0.717) is 19.0 Å². The highest BCUT2D eigenvalue weighted by atomic mass is 19.1. The standard InChI is InChI=1S/C22H20FNO3/c1-25-21-15-19(23)7-8-20(21)16-3-5-17(6-4-16)22(26-13-2-14-27-22)18-9-11-24-12-10-18/h3-12,15H,2,13-14H2,1H3. The lowest BCUT2D eigenvalue weighted by Gasteiger charge is -2.38. The summed E-state index contributed by atoms with van der Waals surface area (Å²) in [4.78, 5) is 4.09. The Bertz CT molecular complexity index is 907. The van der Waals surface area contributed by atoms with E-state index in [2.05, 4.69) is 4.98 Å². The number of benzene rings is 2. The minimum atomic E-state index is -0.938. The third-order valence-electron chi connectivity index (χ3n) is 4.70. The smallest absolute Gasteiger partial charge is 0.222 e. The molecular formula is C22H20FNO3. The van der Waals surface area contributed by atoms with Gasteiger partial charge in [0.25, 0.3) is 0 Å². The number of hydrogen-bond donors (Lipinski definition) is 0. The molecule has 3 aromatic rings. The molecule has 0 radical (unpaired) electrons. The van der Waals surface area contributed by atoms with Gasteiger partial charge in [0.15, 0.2) is 0 Å². The first-order valence-corrected chi connectivity index (χ1v) is 8.86. The van der Waals surface area contributed by atoms with Crippen molar-refractivity contribution < 1.29 is 18.6 Å². The summed E-state index contributed by atoms with van der Waals surface area (Å²) in [5, 5.41) is 0. The largest absolute Gasteiger partial charge is 0.496 e. The first-order valence-electron chi connectivity index (χ1n) is 8.86. The van der Waals surface area contributed by atoms with Crippen LogP contribution in [0.3, 0.4) is 0 Å². The van der Waals surface area contributed by atoms with Crippen LogP contribution < -0.4 is 4.74 Å². The van der Waals surface area contributed by atoms with Crippen molar-refractivity contribution in [2.75, 3.05) is 20.3 Å². The van der Waals surface area contributed by atoms with Crippen LogP contribution in [0.5, 0.6) is 5.75 Å². The first kappa shape index (κ1) is 17.6. The highest BCUT2D eigenvalue weighted by molar-refractivity contribution is 5.70. The molecule has 2 aromatic carbocycles. The minimum Gasteiger partial charge on any atom is -0.496 e. The van der Waals surface area contributed by atoms with Crippen LogP contribution in [-0.4, -0.2) is 25.3 Å². The Morgan fingerprint density at radius 1 is 0.926 bits per heavy atom. The zero-order valence-corrected chi connectivity index (χ0v) is 15.0. The molecule has 2 heterocycles. The van der Waals surface area contributed by atoms with E-state index in [1.807, 2.05) is 36.4 Å². The molecule has 0 saturated carbocycles. The summed E-state index contributed by atoms with van der Waals surface area (Å²) in [6.45, 7) is 1.24. The second kappa shape index (κ2) is 7.47. The van der Waals surface area contributed by atoms with Crippen LogP contribution in [0.2, 0.25) is 0 Å². The van der Waals surface area contributed by atoms with E-state index in [9.17, 15) is 4.39 Å². The van der Waals surface area contributed by atoms with Gasteiger partial charge in [-0.15, -0.1) is 0 Å². The monoisotopic (exact) mass is 365 g/mol. The van der Waals surface area contributed by atoms with Crippen LogP contribution in [0.15, 0.2) is 67.0 Å². The van der Waals surface area contributed by atoms with E-state index >= 15 is 0 Å². The summed E-state index contributed by atoms with van der Waals surface area (Å²) in [6, 6.07) is 16.2. The molecule has 0 bridgehead atoms. The molecule has 0 N–H and O–H groups in total. The fraction of sp³-hybridized carbons (Fsp3) is 0.227. The minimum absolute atomic E-state index is 0.326. The lowest BCUT2D eigenvalue weighted by molar-refractivity contribution is -0.249. The maximum Gasteiger partial charge on any atom is 0.222 e. The third-order valence-corrected chi connectivity index (χ3v) is 4.70. The Hall–Kier alpha value is -2.76. The summed E-state index contributed by atoms with van der Waals surface area (Å²) in [7, 11) is 1.54. The molecule has 138 valence electrons. The van der Waals surface area contributed by atoms with E-state index in [0.717, 1.165) is 28.7 Å². The average Bonchev–Trinajstić information content (AvgIpc) is 2.75. The SMILES string of the molecule is COc1cc(F)ccc1-c1ccc(C2(c3ccncc3)OCCCO2)cc1. The quantitative estimate of drug-likeness (QED) is 0.681. The Kier molecular flexibility index (Phi) is 4.88. The molecule has 27 heavy (non-hydrogen) atoms. The normalized spacial score (nSPS) is 16.1. The van der Waals surface area contributed by atoms with E-state index in [4.69, 9.17) is 14.2 Å². The second-order valence-corrected chi connectivity index (χ2v) is 6.32. The Morgan fingerprint density at radius 3 is 2.26 bits per heavy atom. The number of ether oxygens (including phenoxy) is 3. The topological polar surface area (TPSA) is 40.6 Å². The van der Waals surface area contributed by atoms with E-state index in [1.54, 1.807) is 18.5 Å². The second-order valence-electron chi connectivity index (χ2n) is 6.32. The number of nitrogens with zero attached hydrogens (tertiary/aromatic N) is 1. The first-order chi connectivity index (χ1) is 13.2. The van der Waals surface area contributed by atoms with Crippen LogP contribution in [0.4, 0.5) is 4.39 Å². The Morgan fingerprint density at radius 2 is 1.59 bits per heavy atom. The fourth-order valence-corrected chi connectivity index (χ4v) is 3.38. The van der Waals surface area contributed by atoms with Crippen molar-refractivity contribution >= 4 is 0 Å². The molecule has 0 aliphatic carbocycles.